The molecule has 0 aliphatic heterocycles. The van der Waals surface area contributed by atoms with Gasteiger partial charge in [-0.25, -0.2) is 13.1 Å². The van der Waals surface area contributed by atoms with Crippen LogP contribution in [-0.2, 0) is 21.2 Å². The number of carbonyl (C=O) groups is 1. The second-order valence-electron chi connectivity index (χ2n) is 7.74. The van der Waals surface area contributed by atoms with Crippen LogP contribution in [-0.4, -0.2) is 14.3 Å². The van der Waals surface area contributed by atoms with E-state index >= 15 is 0 Å². The van der Waals surface area contributed by atoms with Crippen LogP contribution in [0.2, 0.25) is 0 Å². The molecule has 0 aromatic heterocycles. The van der Waals surface area contributed by atoms with E-state index < -0.39 is 10.0 Å². The van der Waals surface area contributed by atoms with Crippen LogP contribution < -0.4 is 10.0 Å². The number of hydrogen-bond donors (Lipinski definition) is 2. The van der Waals surface area contributed by atoms with Crippen molar-refractivity contribution in [2.24, 2.45) is 0 Å². The highest BCUT2D eigenvalue weighted by Gasteiger charge is 2.18. The molecule has 2 N–H and O–H groups in total. The van der Waals surface area contributed by atoms with Crippen molar-refractivity contribution in [1.29, 1.82) is 0 Å². The van der Waals surface area contributed by atoms with E-state index in [9.17, 15) is 13.2 Å². The first-order chi connectivity index (χ1) is 15.2. The van der Waals surface area contributed by atoms with E-state index in [4.69, 9.17) is 0 Å². The number of benzene rings is 3. The van der Waals surface area contributed by atoms with E-state index in [1.807, 2.05) is 68.4 Å². The lowest BCUT2D eigenvalue weighted by Gasteiger charge is -2.15. The lowest BCUT2D eigenvalue weighted by atomic mass is 10.1. The van der Waals surface area contributed by atoms with Crippen LogP contribution in [0.3, 0.4) is 0 Å². The number of rotatable bonds is 9. The minimum absolute atomic E-state index is 0.0459. The molecule has 3 aromatic carbocycles. The predicted octanol–water partition coefficient (Wildman–Crippen LogP) is 5.30. The molecule has 0 bridgehead atoms. The van der Waals surface area contributed by atoms with Crippen molar-refractivity contribution in [3.05, 3.63) is 100 Å². The molecule has 0 saturated heterocycles. The molecule has 0 saturated carbocycles. The van der Waals surface area contributed by atoms with Crippen LogP contribution in [0, 0.1) is 0 Å². The van der Waals surface area contributed by atoms with Gasteiger partial charge in [0.05, 0.1) is 10.9 Å². The van der Waals surface area contributed by atoms with Crippen molar-refractivity contribution in [3.63, 3.8) is 0 Å². The fourth-order valence-corrected chi connectivity index (χ4v) is 4.85. The molecular formula is C25H27BrN2O3S. The average Bonchev–Trinajstić information content (AvgIpc) is 2.78. The molecule has 0 radical (unpaired) electrons. The minimum atomic E-state index is -3.64. The average molecular weight is 515 g/mol. The first kappa shape index (κ1) is 24.2. The van der Waals surface area contributed by atoms with Gasteiger partial charge in [-0.05, 0) is 61.2 Å². The number of carbonyl (C=O) groups excluding carboxylic acids is 1. The highest BCUT2D eigenvalue weighted by atomic mass is 79.9. The Hall–Kier alpha value is -2.48. The largest absolute Gasteiger partial charge is 0.350 e. The Labute approximate surface area is 198 Å². The lowest BCUT2D eigenvalue weighted by Crippen LogP contribution is -2.27. The zero-order valence-corrected chi connectivity index (χ0v) is 20.5. The third kappa shape index (κ3) is 6.76. The van der Waals surface area contributed by atoms with Crippen molar-refractivity contribution >= 4 is 31.9 Å². The smallest absolute Gasteiger partial charge is 0.241 e. The van der Waals surface area contributed by atoms with Gasteiger partial charge in [0, 0.05) is 16.9 Å². The Morgan fingerprint density at radius 2 is 1.44 bits per heavy atom. The molecule has 1 amide bonds. The third-order valence-corrected chi connectivity index (χ3v) is 7.34. The number of amides is 1. The standard InChI is InChI=1S/C25H27BrN2O3S/c1-18(22-11-13-23(26)14-12-22)27-25(29)17-10-20-8-15-24(16-9-20)32(30,31)28-19(2)21-6-4-3-5-7-21/h3-9,11-16,18-19,28H,10,17H2,1-2H3,(H,27,29)/t18-,19+/m1/s1. The number of halogens is 1. The van der Waals surface area contributed by atoms with E-state index in [1.54, 1.807) is 24.3 Å². The van der Waals surface area contributed by atoms with Crippen molar-refractivity contribution in [3.8, 4) is 0 Å². The van der Waals surface area contributed by atoms with Crippen molar-refractivity contribution in [2.45, 2.75) is 43.7 Å². The van der Waals surface area contributed by atoms with Crippen LogP contribution in [0.4, 0.5) is 0 Å². The number of sulfonamides is 1. The molecule has 0 fully saturated rings. The van der Waals surface area contributed by atoms with Crippen molar-refractivity contribution in [1.82, 2.24) is 10.0 Å². The summed E-state index contributed by atoms with van der Waals surface area (Å²) in [7, 11) is -3.64. The summed E-state index contributed by atoms with van der Waals surface area (Å²) in [6, 6.07) is 23.5. The summed E-state index contributed by atoms with van der Waals surface area (Å²) in [5, 5.41) is 3.00. The maximum Gasteiger partial charge on any atom is 0.241 e. The minimum Gasteiger partial charge on any atom is -0.350 e. The molecule has 168 valence electrons. The van der Waals surface area contributed by atoms with E-state index in [0.717, 1.165) is 21.2 Å². The van der Waals surface area contributed by atoms with Gasteiger partial charge in [-0.3, -0.25) is 4.79 Å². The maximum atomic E-state index is 12.7. The van der Waals surface area contributed by atoms with Crippen molar-refractivity contribution < 1.29 is 13.2 Å². The van der Waals surface area contributed by atoms with Crippen LogP contribution >= 0.6 is 15.9 Å². The zero-order chi connectivity index (χ0) is 23.1. The highest BCUT2D eigenvalue weighted by Crippen LogP contribution is 2.19. The summed E-state index contributed by atoms with van der Waals surface area (Å²) in [6.45, 7) is 3.76. The second-order valence-corrected chi connectivity index (χ2v) is 10.4. The predicted molar refractivity (Wildman–Crippen MR) is 131 cm³/mol. The summed E-state index contributed by atoms with van der Waals surface area (Å²) in [6.07, 6.45) is 0.864. The van der Waals surface area contributed by atoms with Gasteiger partial charge in [0.25, 0.3) is 0 Å². The van der Waals surface area contributed by atoms with E-state index in [2.05, 4.69) is 26.0 Å². The van der Waals surface area contributed by atoms with Gasteiger partial charge in [0.2, 0.25) is 15.9 Å². The molecule has 7 heteroatoms. The summed E-state index contributed by atoms with van der Waals surface area (Å²) < 4.78 is 29.1. The number of nitrogens with one attached hydrogen (secondary N) is 2. The van der Waals surface area contributed by atoms with E-state index in [-0.39, 0.29) is 22.9 Å². The topological polar surface area (TPSA) is 75.3 Å². The molecule has 3 aromatic rings. The fraction of sp³-hybridized carbons (Fsp3) is 0.240. The van der Waals surface area contributed by atoms with Gasteiger partial charge in [0.1, 0.15) is 0 Å². The summed E-state index contributed by atoms with van der Waals surface area (Å²) >= 11 is 3.41. The molecule has 32 heavy (non-hydrogen) atoms. The molecule has 5 nitrogen and oxygen atoms in total. The van der Waals surface area contributed by atoms with Crippen LogP contribution in [0.25, 0.3) is 0 Å². The maximum absolute atomic E-state index is 12.7. The van der Waals surface area contributed by atoms with Gasteiger partial charge >= 0.3 is 0 Å². The first-order valence-corrected chi connectivity index (χ1v) is 12.7. The van der Waals surface area contributed by atoms with Gasteiger partial charge < -0.3 is 5.32 Å². The molecule has 0 aliphatic rings. The van der Waals surface area contributed by atoms with Crippen LogP contribution in [0.5, 0.6) is 0 Å². The van der Waals surface area contributed by atoms with Gasteiger partial charge in [-0.2, -0.15) is 0 Å². The second kappa shape index (κ2) is 10.9. The monoisotopic (exact) mass is 514 g/mol. The van der Waals surface area contributed by atoms with Crippen LogP contribution in [0.1, 0.15) is 49.0 Å². The Morgan fingerprint density at radius 1 is 0.844 bits per heavy atom. The molecular weight excluding hydrogens is 488 g/mol. The van der Waals surface area contributed by atoms with Crippen LogP contribution in [0.15, 0.2) is 88.2 Å². The fourth-order valence-electron chi connectivity index (χ4n) is 3.35. The Bertz CT molecular complexity index is 1130. The Kier molecular flexibility index (Phi) is 8.23. The van der Waals surface area contributed by atoms with Gasteiger partial charge in [-0.15, -0.1) is 0 Å². The normalized spacial score (nSPS) is 13.3. The molecule has 0 heterocycles. The Balaban J connectivity index is 1.53. The van der Waals surface area contributed by atoms with Gasteiger partial charge in [0.15, 0.2) is 0 Å². The zero-order valence-electron chi connectivity index (χ0n) is 18.1. The number of hydrogen-bond acceptors (Lipinski definition) is 3. The summed E-state index contributed by atoms with van der Waals surface area (Å²) in [4.78, 5) is 12.5. The molecule has 0 spiro atoms. The lowest BCUT2D eigenvalue weighted by molar-refractivity contribution is -0.121. The quantitative estimate of drug-likeness (QED) is 0.406. The summed E-state index contributed by atoms with van der Waals surface area (Å²) in [5.74, 6) is -0.0459. The highest BCUT2D eigenvalue weighted by molar-refractivity contribution is 9.10. The van der Waals surface area contributed by atoms with E-state index in [0.29, 0.717) is 12.8 Å². The number of aryl methyl sites for hydroxylation is 1. The van der Waals surface area contributed by atoms with Gasteiger partial charge in [-0.1, -0.05) is 70.5 Å². The molecule has 3 rings (SSSR count). The molecule has 0 aliphatic carbocycles. The Morgan fingerprint density at radius 3 is 2.06 bits per heavy atom. The molecule has 2 atom stereocenters. The summed E-state index contributed by atoms with van der Waals surface area (Å²) in [5.41, 5.74) is 2.84. The third-order valence-electron chi connectivity index (χ3n) is 5.25. The van der Waals surface area contributed by atoms with Crippen molar-refractivity contribution in [2.75, 3.05) is 0 Å². The molecule has 0 unspecified atom stereocenters. The first-order valence-electron chi connectivity index (χ1n) is 10.5. The SMILES string of the molecule is C[C@H](NS(=O)(=O)c1ccc(CCC(=O)N[C@H](C)c2ccc(Br)cc2)cc1)c1ccccc1. The van der Waals surface area contributed by atoms with E-state index in [1.165, 1.54) is 0 Å².